The Hall–Kier alpha value is 0.154. The van der Waals surface area contributed by atoms with Crippen LogP contribution in [0, 0.1) is 0 Å². The van der Waals surface area contributed by atoms with Gasteiger partial charge in [0, 0.05) is 60.8 Å². The number of hydrogen-bond acceptors (Lipinski definition) is 7. The number of rotatable bonds is 14. The molecule has 0 bridgehead atoms. The van der Waals surface area contributed by atoms with E-state index in [0.717, 1.165) is 37.8 Å². The second-order valence-electron chi connectivity index (χ2n) is 5.14. The molecule has 0 spiro atoms. The molecule has 0 heterocycles. The van der Waals surface area contributed by atoms with E-state index < -0.39 is 17.6 Å². The zero-order valence-electron chi connectivity index (χ0n) is 14.8. The molecule has 0 saturated heterocycles. The molecule has 0 rings (SSSR count). The van der Waals surface area contributed by atoms with Gasteiger partial charge in [0.2, 0.25) is 0 Å². The van der Waals surface area contributed by atoms with Gasteiger partial charge in [0.1, 0.15) is 0 Å². The van der Waals surface area contributed by atoms with Gasteiger partial charge < -0.3 is 32.3 Å². The van der Waals surface area contributed by atoms with E-state index in [1.165, 1.54) is 0 Å². The Morgan fingerprint density at radius 1 is 0.636 bits per heavy atom. The Morgan fingerprint density at radius 3 is 1.14 bits per heavy atom. The second-order valence-corrected chi connectivity index (χ2v) is 11.3. The first-order valence-corrected chi connectivity index (χ1v) is 11.4. The van der Waals surface area contributed by atoms with Crippen LogP contribution in [0.25, 0.3) is 0 Å². The highest BCUT2D eigenvalue weighted by atomic mass is 28.4. The van der Waals surface area contributed by atoms with Gasteiger partial charge >= 0.3 is 17.6 Å². The van der Waals surface area contributed by atoms with Crippen LogP contribution in [0.3, 0.4) is 0 Å². The van der Waals surface area contributed by atoms with Crippen molar-refractivity contribution in [2.45, 2.75) is 43.8 Å². The van der Waals surface area contributed by atoms with E-state index in [-0.39, 0.29) is 6.04 Å². The minimum Gasteiger partial charge on any atom is -0.377 e. The predicted octanol–water partition coefficient (Wildman–Crippen LogP) is 1.63. The van der Waals surface area contributed by atoms with Crippen LogP contribution in [0.4, 0.5) is 0 Å². The fourth-order valence-corrected chi connectivity index (χ4v) is 5.92. The minimum absolute atomic E-state index is 0.134. The van der Waals surface area contributed by atoms with Crippen molar-refractivity contribution >= 4 is 17.6 Å². The normalized spacial score (nSPS) is 13.1. The van der Waals surface area contributed by atoms with Crippen LogP contribution in [-0.4, -0.2) is 66.3 Å². The standard InChI is InChI=1S/C13H33NO6Si2/c1-15-21(16-2,17-3)11-7-9-13(14)10-8-12-22(18-4,19-5)20-6/h13H,7-12,14H2,1-6H3. The van der Waals surface area contributed by atoms with Gasteiger partial charge in [-0.15, -0.1) is 0 Å². The summed E-state index contributed by atoms with van der Waals surface area (Å²) < 4.78 is 32.4. The van der Waals surface area contributed by atoms with Crippen LogP contribution in [0.1, 0.15) is 25.7 Å². The van der Waals surface area contributed by atoms with E-state index in [4.69, 9.17) is 32.3 Å². The lowest BCUT2D eigenvalue weighted by Gasteiger charge is -2.25. The molecule has 0 aliphatic rings. The molecular weight excluding hydrogens is 322 g/mol. The van der Waals surface area contributed by atoms with Gasteiger partial charge in [-0.3, -0.25) is 0 Å². The van der Waals surface area contributed by atoms with E-state index in [9.17, 15) is 0 Å². The third-order valence-corrected chi connectivity index (χ3v) is 9.65. The number of nitrogens with two attached hydrogens (primary N) is 1. The van der Waals surface area contributed by atoms with Crippen LogP contribution in [0.5, 0.6) is 0 Å². The van der Waals surface area contributed by atoms with Crippen molar-refractivity contribution < 1.29 is 26.6 Å². The molecule has 0 atom stereocenters. The monoisotopic (exact) mass is 355 g/mol. The highest BCUT2D eigenvalue weighted by Crippen LogP contribution is 2.20. The Labute approximate surface area is 137 Å². The summed E-state index contributed by atoms with van der Waals surface area (Å²) in [7, 11) is 4.83. The molecule has 2 N–H and O–H groups in total. The summed E-state index contributed by atoms with van der Waals surface area (Å²) >= 11 is 0. The summed E-state index contributed by atoms with van der Waals surface area (Å²) in [6, 6.07) is 1.68. The van der Waals surface area contributed by atoms with E-state index in [1.54, 1.807) is 42.7 Å². The predicted molar refractivity (Wildman–Crippen MR) is 89.6 cm³/mol. The molecule has 0 saturated carbocycles. The van der Waals surface area contributed by atoms with Gasteiger partial charge in [0.05, 0.1) is 0 Å². The fraction of sp³-hybridized carbons (Fsp3) is 1.00. The van der Waals surface area contributed by atoms with Gasteiger partial charge in [-0.1, -0.05) is 0 Å². The Balaban J connectivity index is 4.03. The molecule has 134 valence electrons. The van der Waals surface area contributed by atoms with Gasteiger partial charge in [-0.05, 0) is 25.7 Å². The van der Waals surface area contributed by atoms with E-state index >= 15 is 0 Å². The first-order chi connectivity index (χ1) is 10.5. The highest BCUT2D eigenvalue weighted by molar-refractivity contribution is 6.60. The maximum absolute atomic E-state index is 6.17. The summed E-state index contributed by atoms with van der Waals surface area (Å²) in [5, 5.41) is 0. The lowest BCUT2D eigenvalue weighted by Crippen LogP contribution is -2.43. The number of hydrogen-bond donors (Lipinski definition) is 1. The molecule has 0 unspecified atom stereocenters. The summed E-state index contributed by atoms with van der Waals surface area (Å²) in [5.74, 6) is 0. The van der Waals surface area contributed by atoms with Gasteiger partial charge in [-0.2, -0.15) is 0 Å². The van der Waals surface area contributed by atoms with Gasteiger partial charge in [0.25, 0.3) is 0 Å². The van der Waals surface area contributed by atoms with Crippen molar-refractivity contribution in [2.24, 2.45) is 5.73 Å². The molecule has 0 aromatic heterocycles. The molecule has 9 heteroatoms. The molecule has 0 fully saturated rings. The smallest absolute Gasteiger partial charge is 0.377 e. The lowest BCUT2D eigenvalue weighted by atomic mass is 10.1. The quantitative estimate of drug-likeness (QED) is 0.474. The Morgan fingerprint density at radius 2 is 0.909 bits per heavy atom. The van der Waals surface area contributed by atoms with Crippen molar-refractivity contribution in [3.63, 3.8) is 0 Å². The van der Waals surface area contributed by atoms with Crippen LogP contribution in [-0.2, 0) is 26.6 Å². The molecule has 0 aromatic carbocycles. The molecule has 0 aliphatic carbocycles. The Bertz CT molecular complexity index is 235. The van der Waals surface area contributed by atoms with E-state index in [0.29, 0.717) is 0 Å². The van der Waals surface area contributed by atoms with E-state index in [1.807, 2.05) is 0 Å². The molecule has 0 radical (unpaired) electrons. The molecule has 0 amide bonds. The van der Waals surface area contributed by atoms with Crippen molar-refractivity contribution in [3.05, 3.63) is 0 Å². The molecule has 7 nitrogen and oxygen atoms in total. The SMILES string of the molecule is CO[Si](CCCC(N)CCC[Si](OC)(OC)OC)(OC)OC. The van der Waals surface area contributed by atoms with Gasteiger partial charge in [0.15, 0.2) is 0 Å². The van der Waals surface area contributed by atoms with Crippen molar-refractivity contribution in [2.75, 3.05) is 42.7 Å². The summed E-state index contributed by atoms with van der Waals surface area (Å²) in [5.41, 5.74) is 6.17. The second kappa shape index (κ2) is 11.7. The maximum Gasteiger partial charge on any atom is 0.500 e. The summed E-state index contributed by atoms with van der Waals surface area (Å²) in [4.78, 5) is 0. The van der Waals surface area contributed by atoms with Crippen LogP contribution in [0.15, 0.2) is 0 Å². The minimum atomic E-state index is -2.47. The zero-order valence-corrected chi connectivity index (χ0v) is 16.8. The van der Waals surface area contributed by atoms with E-state index in [2.05, 4.69) is 0 Å². The van der Waals surface area contributed by atoms with Crippen LogP contribution in [0.2, 0.25) is 12.1 Å². The third-order valence-electron chi connectivity index (χ3n) is 3.98. The summed E-state index contributed by atoms with van der Waals surface area (Å²) in [6.45, 7) is 0. The fourth-order valence-electron chi connectivity index (χ4n) is 2.42. The van der Waals surface area contributed by atoms with Crippen molar-refractivity contribution in [1.82, 2.24) is 0 Å². The largest absolute Gasteiger partial charge is 0.500 e. The topological polar surface area (TPSA) is 81.4 Å². The van der Waals surface area contributed by atoms with Gasteiger partial charge in [-0.25, -0.2) is 0 Å². The molecular formula is C13H33NO6Si2. The molecule has 22 heavy (non-hydrogen) atoms. The lowest BCUT2D eigenvalue weighted by molar-refractivity contribution is 0.122. The molecule has 0 aromatic rings. The van der Waals surface area contributed by atoms with Crippen LogP contribution < -0.4 is 5.73 Å². The molecule has 0 aliphatic heterocycles. The average Bonchev–Trinajstić information content (AvgIpc) is 2.56. The van der Waals surface area contributed by atoms with Crippen molar-refractivity contribution in [1.29, 1.82) is 0 Å². The first kappa shape index (κ1) is 22.2. The highest BCUT2D eigenvalue weighted by Gasteiger charge is 2.38. The zero-order chi connectivity index (χ0) is 17.1. The third kappa shape index (κ3) is 7.15. The van der Waals surface area contributed by atoms with Crippen molar-refractivity contribution in [3.8, 4) is 0 Å². The van der Waals surface area contributed by atoms with Crippen LogP contribution >= 0.6 is 0 Å². The maximum atomic E-state index is 6.17. The average molecular weight is 356 g/mol. The first-order valence-electron chi connectivity index (χ1n) is 7.53. The summed E-state index contributed by atoms with van der Waals surface area (Å²) in [6.07, 6.45) is 3.66. The Kier molecular flexibility index (Phi) is 11.7.